The molecule has 2 aromatic rings. The molecule has 0 spiro atoms. The second-order valence-electron chi connectivity index (χ2n) is 7.02. The zero-order valence-electron chi connectivity index (χ0n) is 13.9. The summed E-state index contributed by atoms with van der Waals surface area (Å²) in [5, 5.41) is 10.3. The number of nitrogens with zero attached hydrogens (tertiary/aromatic N) is 2. The van der Waals surface area contributed by atoms with Crippen molar-refractivity contribution in [3.8, 4) is 11.5 Å². The number of carbonyl (C=O) groups is 1. The Kier molecular flexibility index (Phi) is 4.52. The molecule has 1 saturated carbocycles. The van der Waals surface area contributed by atoms with Crippen LogP contribution in [0.2, 0.25) is 5.02 Å². The number of carboxylic acid groups (broad SMARTS) is 1. The van der Waals surface area contributed by atoms with E-state index in [1.807, 2.05) is 12.1 Å². The summed E-state index contributed by atoms with van der Waals surface area (Å²) in [5.41, 5.74) is 1.64. The number of carboxylic acids is 1. The van der Waals surface area contributed by atoms with E-state index in [0.717, 1.165) is 30.5 Å². The Morgan fingerprint density at radius 1 is 1.28 bits per heavy atom. The quantitative estimate of drug-likeness (QED) is 0.884. The van der Waals surface area contributed by atoms with Crippen molar-refractivity contribution in [3.63, 3.8) is 0 Å². The van der Waals surface area contributed by atoms with Crippen molar-refractivity contribution in [1.82, 2.24) is 9.88 Å². The number of hydrogen-bond acceptors (Lipinski definition) is 4. The molecule has 5 nitrogen and oxygen atoms in total. The number of benzene rings is 1. The number of aromatic nitrogens is 1. The van der Waals surface area contributed by atoms with Gasteiger partial charge in [0.1, 0.15) is 12.3 Å². The van der Waals surface area contributed by atoms with Gasteiger partial charge in [0.05, 0.1) is 5.69 Å². The van der Waals surface area contributed by atoms with Crippen LogP contribution >= 0.6 is 11.6 Å². The van der Waals surface area contributed by atoms with Crippen molar-refractivity contribution >= 4 is 17.6 Å². The molecule has 6 heteroatoms. The standard InChI is InChI=1S/C19H21ClN2O3/c20-14-7-5-12(6-8-14)18-21-15(11-25-18)10-22-16-4-2-1-3-13(16)9-17(22)19(23)24/h5-8,11,13,16-17H,1-4,9-10H2,(H,23,24). The molecule has 25 heavy (non-hydrogen) atoms. The van der Waals surface area contributed by atoms with Crippen molar-refractivity contribution in [1.29, 1.82) is 0 Å². The Morgan fingerprint density at radius 3 is 2.80 bits per heavy atom. The van der Waals surface area contributed by atoms with Crippen molar-refractivity contribution in [2.75, 3.05) is 0 Å². The van der Waals surface area contributed by atoms with E-state index in [4.69, 9.17) is 16.0 Å². The number of likely N-dealkylation sites (tertiary alicyclic amines) is 1. The Morgan fingerprint density at radius 2 is 2.04 bits per heavy atom. The van der Waals surface area contributed by atoms with E-state index in [-0.39, 0.29) is 0 Å². The Balaban J connectivity index is 1.54. The van der Waals surface area contributed by atoms with E-state index in [0.29, 0.717) is 29.4 Å². The third kappa shape index (κ3) is 3.31. The van der Waals surface area contributed by atoms with Gasteiger partial charge < -0.3 is 9.52 Å². The van der Waals surface area contributed by atoms with Crippen LogP contribution in [0.25, 0.3) is 11.5 Å². The number of rotatable bonds is 4. The second kappa shape index (κ2) is 6.81. The summed E-state index contributed by atoms with van der Waals surface area (Å²) in [4.78, 5) is 18.4. The van der Waals surface area contributed by atoms with Crippen LogP contribution in [0.3, 0.4) is 0 Å². The number of aliphatic carboxylic acids is 1. The van der Waals surface area contributed by atoms with E-state index in [1.165, 1.54) is 12.8 Å². The fraction of sp³-hybridized carbons (Fsp3) is 0.474. The third-order valence-electron chi connectivity index (χ3n) is 5.49. The van der Waals surface area contributed by atoms with E-state index >= 15 is 0 Å². The van der Waals surface area contributed by atoms with Gasteiger partial charge in [-0.25, -0.2) is 4.98 Å². The second-order valence-corrected chi connectivity index (χ2v) is 7.46. The van der Waals surface area contributed by atoms with Gasteiger partial charge >= 0.3 is 5.97 Å². The number of fused-ring (bicyclic) bond motifs is 1. The van der Waals surface area contributed by atoms with Gasteiger partial charge in [-0.2, -0.15) is 0 Å². The van der Waals surface area contributed by atoms with E-state index in [1.54, 1.807) is 18.4 Å². The fourth-order valence-corrected chi connectivity index (χ4v) is 4.44. The van der Waals surface area contributed by atoms with Gasteiger partial charge in [-0.05, 0) is 49.4 Å². The van der Waals surface area contributed by atoms with Crippen LogP contribution in [0.5, 0.6) is 0 Å². The maximum atomic E-state index is 11.7. The predicted molar refractivity (Wildman–Crippen MR) is 94.3 cm³/mol. The zero-order chi connectivity index (χ0) is 17.4. The molecule has 0 bridgehead atoms. The first-order valence-electron chi connectivity index (χ1n) is 8.80. The minimum atomic E-state index is -0.726. The maximum absolute atomic E-state index is 11.7. The topological polar surface area (TPSA) is 66.6 Å². The number of oxazole rings is 1. The molecule has 1 aromatic heterocycles. The zero-order valence-corrected chi connectivity index (χ0v) is 14.7. The average molecular weight is 361 g/mol. The monoisotopic (exact) mass is 360 g/mol. The van der Waals surface area contributed by atoms with Crippen molar-refractivity contribution < 1.29 is 14.3 Å². The van der Waals surface area contributed by atoms with Gasteiger partial charge in [-0.1, -0.05) is 24.4 Å². The molecule has 1 aromatic carbocycles. The lowest BCUT2D eigenvalue weighted by atomic mass is 9.85. The molecule has 1 saturated heterocycles. The summed E-state index contributed by atoms with van der Waals surface area (Å²) in [6, 6.07) is 7.27. The van der Waals surface area contributed by atoms with Gasteiger partial charge in [-0.3, -0.25) is 9.69 Å². The lowest BCUT2D eigenvalue weighted by Gasteiger charge is -2.32. The molecule has 132 valence electrons. The van der Waals surface area contributed by atoms with Crippen LogP contribution < -0.4 is 0 Å². The maximum Gasteiger partial charge on any atom is 0.320 e. The molecule has 1 aliphatic heterocycles. The molecule has 3 atom stereocenters. The normalized spacial score (nSPS) is 26.5. The van der Waals surface area contributed by atoms with E-state index < -0.39 is 12.0 Å². The lowest BCUT2D eigenvalue weighted by Crippen LogP contribution is -2.41. The molecule has 2 aliphatic rings. The van der Waals surface area contributed by atoms with Gasteiger partial charge in [-0.15, -0.1) is 0 Å². The van der Waals surface area contributed by atoms with Crippen LogP contribution in [0.1, 0.15) is 37.8 Å². The number of halogens is 1. The highest BCUT2D eigenvalue weighted by molar-refractivity contribution is 6.30. The Hall–Kier alpha value is -1.85. The molecule has 2 heterocycles. The highest BCUT2D eigenvalue weighted by Gasteiger charge is 2.45. The first-order valence-corrected chi connectivity index (χ1v) is 9.18. The van der Waals surface area contributed by atoms with Crippen LogP contribution in [-0.2, 0) is 11.3 Å². The van der Waals surface area contributed by atoms with Crippen molar-refractivity contribution in [2.45, 2.75) is 50.7 Å². The van der Waals surface area contributed by atoms with E-state index in [9.17, 15) is 9.90 Å². The molecule has 3 unspecified atom stereocenters. The molecule has 4 rings (SSSR count). The third-order valence-corrected chi connectivity index (χ3v) is 5.75. The molecule has 1 aliphatic carbocycles. The first kappa shape index (κ1) is 16.6. The van der Waals surface area contributed by atoms with Crippen LogP contribution in [0.4, 0.5) is 0 Å². The SMILES string of the molecule is O=C(O)C1CC2CCCCC2N1Cc1coc(-c2ccc(Cl)cc2)n1. The van der Waals surface area contributed by atoms with Gasteiger partial charge in [0.15, 0.2) is 0 Å². The van der Waals surface area contributed by atoms with Gasteiger partial charge in [0.2, 0.25) is 5.89 Å². The van der Waals surface area contributed by atoms with Crippen LogP contribution in [0.15, 0.2) is 34.9 Å². The van der Waals surface area contributed by atoms with Crippen LogP contribution in [-0.4, -0.2) is 33.0 Å². The van der Waals surface area contributed by atoms with Gasteiger partial charge in [0.25, 0.3) is 0 Å². The minimum Gasteiger partial charge on any atom is -0.480 e. The molecule has 2 fully saturated rings. The summed E-state index contributed by atoms with van der Waals surface area (Å²) in [7, 11) is 0. The molecular weight excluding hydrogens is 340 g/mol. The molecule has 0 radical (unpaired) electrons. The summed E-state index contributed by atoms with van der Waals surface area (Å²) in [6.07, 6.45) is 7.00. The highest BCUT2D eigenvalue weighted by Crippen LogP contribution is 2.40. The summed E-state index contributed by atoms with van der Waals surface area (Å²) in [5.74, 6) is 0.311. The fourth-order valence-electron chi connectivity index (χ4n) is 4.31. The minimum absolute atomic E-state index is 0.352. The summed E-state index contributed by atoms with van der Waals surface area (Å²) >= 11 is 5.91. The summed E-state index contributed by atoms with van der Waals surface area (Å²) < 4.78 is 5.60. The van der Waals surface area contributed by atoms with Crippen molar-refractivity contribution in [3.05, 3.63) is 41.2 Å². The van der Waals surface area contributed by atoms with Crippen molar-refractivity contribution in [2.24, 2.45) is 5.92 Å². The Labute approximate surface area is 151 Å². The molecule has 1 N–H and O–H groups in total. The average Bonchev–Trinajstić information content (AvgIpc) is 3.21. The van der Waals surface area contributed by atoms with Crippen LogP contribution in [0, 0.1) is 5.92 Å². The first-order chi connectivity index (χ1) is 12.1. The lowest BCUT2D eigenvalue weighted by molar-refractivity contribution is -0.142. The highest BCUT2D eigenvalue weighted by atomic mass is 35.5. The summed E-state index contributed by atoms with van der Waals surface area (Å²) in [6.45, 7) is 0.523. The largest absolute Gasteiger partial charge is 0.480 e. The molecule has 0 amide bonds. The number of hydrogen-bond donors (Lipinski definition) is 1. The Bertz CT molecular complexity index is 758. The predicted octanol–water partition coefficient (Wildman–Crippen LogP) is 4.21. The van der Waals surface area contributed by atoms with E-state index in [2.05, 4.69) is 9.88 Å². The smallest absolute Gasteiger partial charge is 0.320 e. The molecular formula is C19H21ClN2O3. The van der Waals surface area contributed by atoms with Gasteiger partial charge in [0, 0.05) is 23.2 Å².